The summed E-state index contributed by atoms with van der Waals surface area (Å²) in [5.74, 6) is -0.234. The second kappa shape index (κ2) is 8.65. The molecule has 32 heavy (non-hydrogen) atoms. The lowest BCUT2D eigenvalue weighted by molar-refractivity contribution is -0.144. The van der Waals surface area contributed by atoms with Gasteiger partial charge in [0, 0.05) is 25.6 Å². The molecule has 9 heteroatoms. The molecule has 4 N–H and O–H groups in total. The summed E-state index contributed by atoms with van der Waals surface area (Å²) in [5.41, 5.74) is 5.67. The van der Waals surface area contributed by atoms with Crippen molar-refractivity contribution in [3.05, 3.63) is 0 Å². The van der Waals surface area contributed by atoms with Gasteiger partial charge in [-0.3, -0.25) is 24.6 Å². The van der Waals surface area contributed by atoms with E-state index in [0.717, 1.165) is 25.7 Å². The van der Waals surface area contributed by atoms with E-state index in [1.807, 2.05) is 13.8 Å². The highest BCUT2D eigenvalue weighted by Crippen LogP contribution is 2.64. The first-order valence-electron chi connectivity index (χ1n) is 12.1. The van der Waals surface area contributed by atoms with E-state index in [2.05, 4.69) is 35.3 Å². The van der Waals surface area contributed by atoms with E-state index >= 15 is 0 Å². The third-order valence-electron chi connectivity index (χ3n) is 8.21. The lowest BCUT2D eigenvalue weighted by atomic mass is 9.95. The quantitative estimate of drug-likeness (QED) is 0.376. The molecule has 178 valence electrons. The largest absolute Gasteiger partial charge is 0.356 e. The summed E-state index contributed by atoms with van der Waals surface area (Å²) in [6.45, 7) is 9.81. The van der Waals surface area contributed by atoms with Crippen LogP contribution >= 0.6 is 0 Å². The number of fused-ring (bicyclic) bond motifs is 1. The van der Waals surface area contributed by atoms with Crippen LogP contribution in [-0.2, 0) is 19.2 Å². The maximum atomic E-state index is 13.6. The SMILES string of the molecule is CC[C@@H](C)[C@H](NC(=O)C1CC1)C(=O)N1C[C@H]2[C@@H]([C@H]1C(=O)NNC[C@@H]1CCNC1=O)C2(C)C. The van der Waals surface area contributed by atoms with Crippen LogP contribution in [0.25, 0.3) is 0 Å². The molecule has 0 radical (unpaired) electrons. The molecule has 4 amide bonds. The summed E-state index contributed by atoms with van der Waals surface area (Å²) in [5, 5.41) is 5.77. The summed E-state index contributed by atoms with van der Waals surface area (Å²) in [6, 6.07) is -1.18. The van der Waals surface area contributed by atoms with Gasteiger partial charge in [-0.05, 0) is 42.4 Å². The van der Waals surface area contributed by atoms with Gasteiger partial charge in [0.05, 0.1) is 5.92 Å². The molecule has 4 fully saturated rings. The number of hydrogen-bond acceptors (Lipinski definition) is 5. The fourth-order valence-corrected chi connectivity index (χ4v) is 5.47. The Kier molecular flexibility index (Phi) is 6.22. The average Bonchev–Trinajstić information content (AvgIpc) is 3.57. The number of piperidine rings is 1. The highest BCUT2D eigenvalue weighted by atomic mass is 16.2. The van der Waals surface area contributed by atoms with Gasteiger partial charge >= 0.3 is 0 Å². The van der Waals surface area contributed by atoms with Crippen molar-refractivity contribution < 1.29 is 19.2 Å². The van der Waals surface area contributed by atoms with Crippen LogP contribution in [0, 0.1) is 35.0 Å². The predicted octanol–water partition coefficient (Wildman–Crippen LogP) is 0.167. The Morgan fingerprint density at radius 2 is 1.91 bits per heavy atom. The molecule has 2 aliphatic carbocycles. The third-order valence-corrected chi connectivity index (χ3v) is 8.21. The van der Waals surface area contributed by atoms with Gasteiger partial charge < -0.3 is 15.5 Å². The first-order chi connectivity index (χ1) is 15.2. The Labute approximate surface area is 189 Å². The van der Waals surface area contributed by atoms with Crippen LogP contribution in [0.1, 0.15) is 53.4 Å². The summed E-state index contributed by atoms with van der Waals surface area (Å²) >= 11 is 0. The average molecular weight is 448 g/mol. The van der Waals surface area contributed by atoms with Crippen molar-refractivity contribution in [1.29, 1.82) is 0 Å². The highest BCUT2D eigenvalue weighted by Gasteiger charge is 2.69. The first-order valence-corrected chi connectivity index (χ1v) is 12.1. The van der Waals surface area contributed by atoms with Crippen molar-refractivity contribution in [2.24, 2.45) is 35.0 Å². The molecule has 0 unspecified atom stereocenters. The van der Waals surface area contributed by atoms with E-state index in [1.165, 1.54) is 0 Å². The number of likely N-dealkylation sites (tertiary alicyclic amines) is 1. The van der Waals surface area contributed by atoms with E-state index in [9.17, 15) is 19.2 Å². The summed E-state index contributed by atoms with van der Waals surface area (Å²) in [7, 11) is 0. The van der Waals surface area contributed by atoms with Crippen LogP contribution in [0.4, 0.5) is 0 Å². The van der Waals surface area contributed by atoms with Crippen LogP contribution in [0.2, 0.25) is 0 Å². The van der Waals surface area contributed by atoms with Gasteiger partial charge in [-0.2, -0.15) is 0 Å². The van der Waals surface area contributed by atoms with Crippen molar-refractivity contribution in [3.8, 4) is 0 Å². The number of hydrazine groups is 1. The van der Waals surface area contributed by atoms with Crippen molar-refractivity contribution in [1.82, 2.24) is 26.4 Å². The molecule has 0 aromatic rings. The zero-order valence-electron chi connectivity index (χ0n) is 19.6. The number of nitrogens with zero attached hydrogens (tertiary/aromatic N) is 1. The monoisotopic (exact) mass is 447 g/mol. The lowest BCUT2D eigenvalue weighted by Crippen LogP contribution is -2.59. The summed E-state index contributed by atoms with van der Waals surface area (Å²) < 4.78 is 0. The third kappa shape index (κ3) is 4.23. The Balaban J connectivity index is 1.43. The molecule has 0 spiro atoms. The molecule has 0 bridgehead atoms. The van der Waals surface area contributed by atoms with E-state index in [1.54, 1.807) is 4.90 Å². The second-order valence-corrected chi connectivity index (χ2v) is 10.7. The standard InChI is InChI=1S/C23H37N5O4/c1-5-12(2)17(26-20(30)13-6-7-13)22(32)28-11-15-16(23(15,3)4)18(28)21(31)27-25-10-14-8-9-24-19(14)29/h12-18,25H,5-11H2,1-4H3,(H,24,29)(H,26,30)(H,27,31)/t12-,14+,15+,16+,17+,18+/m1/s1. The lowest BCUT2D eigenvalue weighted by Gasteiger charge is -2.34. The van der Waals surface area contributed by atoms with Gasteiger partial charge in [-0.1, -0.05) is 34.1 Å². The number of nitrogens with one attached hydrogen (secondary N) is 4. The Hall–Kier alpha value is -2.16. The second-order valence-electron chi connectivity index (χ2n) is 10.7. The molecule has 0 aromatic carbocycles. The fraction of sp³-hybridized carbons (Fsp3) is 0.826. The van der Waals surface area contributed by atoms with E-state index in [0.29, 0.717) is 19.6 Å². The number of hydrogen-bond donors (Lipinski definition) is 4. The molecule has 2 heterocycles. The first kappa shape index (κ1) is 23.0. The van der Waals surface area contributed by atoms with E-state index in [-0.39, 0.29) is 58.6 Å². The molecule has 6 atom stereocenters. The fourth-order valence-electron chi connectivity index (χ4n) is 5.47. The van der Waals surface area contributed by atoms with Crippen LogP contribution in [0.3, 0.4) is 0 Å². The van der Waals surface area contributed by atoms with Gasteiger partial charge in [-0.15, -0.1) is 0 Å². The predicted molar refractivity (Wildman–Crippen MR) is 118 cm³/mol. The van der Waals surface area contributed by atoms with Gasteiger partial charge in [-0.25, -0.2) is 5.43 Å². The number of rotatable bonds is 9. The molecule has 0 aromatic heterocycles. The zero-order chi connectivity index (χ0) is 23.2. The molecule has 2 aliphatic heterocycles. The maximum absolute atomic E-state index is 13.6. The minimum absolute atomic E-state index is 0.00407. The summed E-state index contributed by atoms with van der Waals surface area (Å²) in [6.07, 6.45) is 3.26. The molecule has 2 saturated carbocycles. The van der Waals surface area contributed by atoms with Crippen LogP contribution < -0.4 is 21.5 Å². The molecular weight excluding hydrogens is 410 g/mol. The smallest absolute Gasteiger partial charge is 0.257 e. The number of carbonyl (C=O) groups is 4. The topological polar surface area (TPSA) is 120 Å². The molecule has 9 nitrogen and oxygen atoms in total. The van der Waals surface area contributed by atoms with Crippen LogP contribution in [0.15, 0.2) is 0 Å². The normalized spacial score (nSPS) is 32.0. The van der Waals surface area contributed by atoms with Gasteiger partial charge in [0.25, 0.3) is 5.91 Å². The molecule has 4 aliphatic rings. The zero-order valence-corrected chi connectivity index (χ0v) is 19.6. The Bertz CT molecular complexity index is 795. The Morgan fingerprint density at radius 3 is 2.50 bits per heavy atom. The van der Waals surface area contributed by atoms with Crippen molar-refractivity contribution in [2.75, 3.05) is 19.6 Å². The van der Waals surface area contributed by atoms with Crippen molar-refractivity contribution >= 4 is 23.6 Å². The highest BCUT2D eigenvalue weighted by molar-refractivity contribution is 5.94. The molecule has 4 rings (SSSR count). The van der Waals surface area contributed by atoms with Crippen molar-refractivity contribution in [2.45, 2.75) is 65.5 Å². The summed E-state index contributed by atoms with van der Waals surface area (Å²) in [4.78, 5) is 52.7. The van der Waals surface area contributed by atoms with Gasteiger partial charge in [0.15, 0.2) is 0 Å². The van der Waals surface area contributed by atoms with Crippen LogP contribution in [-0.4, -0.2) is 60.2 Å². The minimum Gasteiger partial charge on any atom is -0.356 e. The number of carbonyl (C=O) groups excluding carboxylic acids is 4. The Morgan fingerprint density at radius 1 is 1.19 bits per heavy atom. The van der Waals surface area contributed by atoms with Gasteiger partial charge in [0.1, 0.15) is 12.1 Å². The van der Waals surface area contributed by atoms with E-state index < -0.39 is 12.1 Å². The van der Waals surface area contributed by atoms with Crippen LogP contribution in [0.5, 0.6) is 0 Å². The van der Waals surface area contributed by atoms with Gasteiger partial charge in [0.2, 0.25) is 17.7 Å². The molecular formula is C23H37N5O4. The molecule has 2 saturated heterocycles. The van der Waals surface area contributed by atoms with E-state index in [4.69, 9.17) is 0 Å². The number of amides is 4. The maximum Gasteiger partial charge on any atom is 0.257 e. The van der Waals surface area contributed by atoms with Crippen molar-refractivity contribution in [3.63, 3.8) is 0 Å². The minimum atomic E-state index is -0.612.